The normalized spacial score (nSPS) is 32.0. The van der Waals surface area contributed by atoms with Gasteiger partial charge < -0.3 is 14.8 Å². The second kappa shape index (κ2) is 7.43. The molecule has 0 amide bonds. The minimum absolute atomic E-state index is 0.226. The molecule has 0 aromatic heterocycles. The molecule has 0 heterocycles. The van der Waals surface area contributed by atoms with E-state index in [0.29, 0.717) is 12.0 Å². The molecule has 2 bridgehead atoms. The number of rotatable bonds is 9. The van der Waals surface area contributed by atoms with Crippen LogP contribution in [0.15, 0.2) is 0 Å². The molecule has 21 heavy (non-hydrogen) atoms. The number of hydrogen-bond donors (Lipinski definition) is 1. The van der Waals surface area contributed by atoms with Crippen LogP contribution in [0.4, 0.5) is 0 Å². The van der Waals surface area contributed by atoms with Crippen molar-refractivity contribution in [2.75, 3.05) is 33.5 Å². The van der Waals surface area contributed by atoms with Crippen molar-refractivity contribution in [2.24, 2.45) is 17.3 Å². The smallest absolute Gasteiger partial charge is 0.0700 e. The highest BCUT2D eigenvalue weighted by Gasteiger charge is 2.50. The largest absolute Gasteiger partial charge is 0.382 e. The van der Waals surface area contributed by atoms with E-state index < -0.39 is 0 Å². The van der Waals surface area contributed by atoms with Gasteiger partial charge in [-0.05, 0) is 70.1 Å². The first kappa shape index (κ1) is 17.2. The van der Waals surface area contributed by atoms with Gasteiger partial charge in [0.1, 0.15) is 0 Å². The van der Waals surface area contributed by atoms with Gasteiger partial charge in [0.2, 0.25) is 0 Å². The van der Waals surface area contributed by atoms with E-state index >= 15 is 0 Å². The zero-order chi connectivity index (χ0) is 15.3. The Morgan fingerprint density at radius 2 is 1.95 bits per heavy atom. The van der Waals surface area contributed by atoms with Gasteiger partial charge in [-0.3, -0.25) is 0 Å². The summed E-state index contributed by atoms with van der Waals surface area (Å²) < 4.78 is 10.7. The molecule has 3 nitrogen and oxygen atoms in total. The average molecular weight is 297 g/mol. The lowest BCUT2D eigenvalue weighted by Gasteiger charge is -2.40. The van der Waals surface area contributed by atoms with Gasteiger partial charge in [-0.15, -0.1) is 0 Å². The fourth-order valence-electron chi connectivity index (χ4n) is 4.38. The molecule has 3 heteroatoms. The molecule has 0 saturated heterocycles. The highest BCUT2D eigenvalue weighted by atomic mass is 16.5. The Hall–Kier alpha value is -0.120. The number of methoxy groups -OCH3 is 1. The van der Waals surface area contributed by atoms with Crippen molar-refractivity contribution in [1.29, 1.82) is 0 Å². The summed E-state index contributed by atoms with van der Waals surface area (Å²) in [6, 6.07) is 0. The zero-order valence-corrected chi connectivity index (χ0v) is 14.5. The van der Waals surface area contributed by atoms with Crippen LogP contribution >= 0.6 is 0 Å². The molecule has 0 radical (unpaired) electrons. The second-order valence-corrected chi connectivity index (χ2v) is 8.25. The molecule has 2 fully saturated rings. The Balaban J connectivity index is 1.79. The first-order valence-corrected chi connectivity index (χ1v) is 8.77. The number of fused-ring (bicyclic) bond motifs is 2. The highest BCUT2D eigenvalue weighted by Crippen LogP contribution is 2.57. The summed E-state index contributed by atoms with van der Waals surface area (Å²) in [5, 5.41) is 3.79. The summed E-state index contributed by atoms with van der Waals surface area (Å²) in [7, 11) is 1.73. The maximum absolute atomic E-state index is 5.66. The van der Waals surface area contributed by atoms with E-state index in [-0.39, 0.29) is 5.54 Å². The first-order valence-electron chi connectivity index (χ1n) is 8.77. The molecule has 124 valence electrons. The quantitative estimate of drug-likeness (QED) is 0.659. The third-order valence-electron chi connectivity index (χ3n) is 5.47. The van der Waals surface area contributed by atoms with E-state index in [0.717, 1.165) is 25.0 Å². The second-order valence-electron chi connectivity index (χ2n) is 8.25. The van der Waals surface area contributed by atoms with Crippen LogP contribution in [0.25, 0.3) is 0 Å². The first-order chi connectivity index (χ1) is 9.95. The Kier molecular flexibility index (Phi) is 6.10. The Labute approximate surface area is 131 Å². The SMILES string of the molecule is COCCOCCCC1(CNC(C)(C)C)CC2CCC1C2. The van der Waals surface area contributed by atoms with Gasteiger partial charge >= 0.3 is 0 Å². The monoisotopic (exact) mass is 297 g/mol. The van der Waals surface area contributed by atoms with Crippen molar-refractivity contribution in [3.8, 4) is 0 Å². The van der Waals surface area contributed by atoms with E-state index in [9.17, 15) is 0 Å². The van der Waals surface area contributed by atoms with Crippen molar-refractivity contribution < 1.29 is 9.47 Å². The topological polar surface area (TPSA) is 30.5 Å². The minimum atomic E-state index is 0.226. The zero-order valence-electron chi connectivity index (χ0n) is 14.5. The number of ether oxygens (including phenoxy) is 2. The predicted octanol–water partition coefficient (Wildman–Crippen LogP) is 3.62. The molecular weight excluding hydrogens is 262 g/mol. The van der Waals surface area contributed by atoms with Crippen molar-refractivity contribution in [1.82, 2.24) is 5.32 Å². The molecule has 2 rings (SSSR count). The van der Waals surface area contributed by atoms with Crippen molar-refractivity contribution in [3.05, 3.63) is 0 Å². The van der Waals surface area contributed by atoms with Crippen LogP contribution in [0.5, 0.6) is 0 Å². The molecule has 0 aromatic rings. The number of nitrogens with one attached hydrogen (secondary N) is 1. The van der Waals surface area contributed by atoms with Crippen molar-refractivity contribution in [3.63, 3.8) is 0 Å². The number of hydrogen-bond acceptors (Lipinski definition) is 3. The van der Waals surface area contributed by atoms with Gasteiger partial charge in [0.25, 0.3) is 0 Å². The van der Waals surface area contributed by atoms with Crippen LogP contribution in [0.2, 0.25) is 0 Å². The molecule has 0 aliphatic heterocycles. The molecule has 3 atom stereocenters. The summed E-state index contributed by atoms with van der Waals surface area (Å²) in [6.07, 6.45) is 8.38. The van der Waals surface area contributed by atoms with E-state index in [1.807, 2.05) is 0 Å². The summed E-state index contributed by atoms with van der Waals surface area (Å²) in [6.45, 7) is 10.4. The van der Waals surface area contributed by atoms with Crippen LogP contribution in [0.1, 0.15) is 59.3 Å². The maximum Gasteiger partial charge on any atom is 0.0700 e. The van der Waals surface area contributed by atoms with Crippen LogP contribution in [0, 0.1) is 17.3 Å². The van der Waals surface area contributed by atoms with E-state index in [1.165, 1.54) is 45.1 Å². The molecule has 0 aromatic carbocycles. The van der Waals surface area contributed by atoms with E-state index in [2.05, 4.69) is 26.1 Å². The Morgan fingerprint density at radius 1 is 1.14 bits per heavy atom. The van der Waals surface area contributed by atoms with Gasteiger partial charge in [0, 0.05) is 25.8 Å². The highest BCUT2D eigenvalue weighted by molar-refractivity contribution is 5.02. The lowest BCUT2D eigenvalue weighted by Crippen LogP contribution is -2.46. The summed E-state index contributed by atoms with van der Waals surface area (Å²) in [4.78, 5) is 0. The van der Waals surface area contributed by atoms with Crippen LogP contribution < -0.4 is 5.32 Å². The predicted molar refractivity (Wildman–Crippen MR) is 87.6 cm³/mol. The standard InChI is InChI=1S/C18H35NO2/c1-17(2,3)19-14-18(8-5-9-21-11-10-20-4)13-15-6-7-16(18)12-15/h15-16,19H,5-14H2,1-4H3. The third kappa shape index (κ3) is 4.94. The van der Waals surface area contributed by atoms with Crippen molar-refractivity contribution >= 4 is 0 Å². The lowest BCUT2D eigenvalue weighted by atomic mass is 9.70. The van der Waals surface area contributed by atoms with Crippen LogP contribution in [-0.2, 0) is 9.47 Å². The van der Waals surface area contributed by atoms with Gasteiger partial charge in [-0.2, -0.15) is 0 Å². The fraction of sp³-hybridized carbons (Fsp3) is 1.00. The van der Waals surface area contributed by atoms with E-state index in [1.54, 1.807) is 7.11 Å². The van der Waals surface area contributed by atoms with Crippen LogP contribution in [0.3, 0.4) is 0 Å². The Morgan fingerprint density at radius 3 is 2.52 bits per heavy atom. The third-order valence-corrected chi connectivity index (χ3v) is 5.47. The van der Waals surface area contributed by atoms with E-state index in [4.69, 9.17) is 9.47 Å². The van der Waals surface area contributed by atoms with Gasteiger partial charge in [0.15, 0.2) is 0 Å². The summed E-state index contributed by atoms with van der Waals surface area (Å²) in [5.74, 6) is 1.96. The molecule has 2 aliphatic carbocycles. The van der Waals surface area contributed by atoms with Gasteiger partial charge in [-0.25, -0.2) is 0 Å². The lowest BCUT2D eigenvalue weighted by molar-refractivity contribution is 0.0554. The average Bonchev–Trinajstić information content (AvgIpc) is 3.01. The van der Waals surface area contributed by atoms with Gasteiger partial charge in [0.05, 0.1) is 13.2 Å². The molecule has 3 unspecified atom stereocenters. The molecule has 2 saturated carbocycles. The van der Waals surface area contributed by atoms with Gasteiger partial charge in [-0.1, -0.05) is 6.42 Å². The molecular formula is C18H35NO2. The van der Waals surface area contributed by atoms with Crippen LogP contribution in [-0.4, -0.2) is 39.0 Å². The molecule has 0 spiro atoms. The fourth-order valence-corrected chi connectivity index (χ4v) is 4.38. The maximum atomic E-state index is 5.66. The summed E-state index contributed by atoms with van der Waals surface area (Å²) in [5.41, 5.74) is 0.768. The minimum Gasteiger partial charge on any atom is -0.382 e. The summed E-state index contributed by atoms with van der Waals surface area (Å²) >= 11 is 0. The Bertz CT molecular complexity index is 313. The molecule has 1 N–H and O–H groups in total. The molecule has 2 aliphatic rings. The van der Waals surface area contributed by atoms with Crippen molar-refractivity contribution in [2.45, 2.75) is 64.8 Å².